The predicted octanol–water partition coefficient (Wildman–Crippen LogP) is 4.10. The van der Waals surface area contributed by atoms with Crippen LogP contribution in [0.2, 0.25) is 0 Å². The van der Waals surface area contributed by atoms with Crippen LogP contribution >= 0.6 is 0 Å². The summed E-state index contributed by atoms with van der Waals surface area (Å²) in [5, 5.41) is 0. The molecule has 82 valence electrons. The van der Waals surface area contributed by atoms with Crippen molar-refractivity contribution in [3.63, 3.8) is 0 Å². The van der Waals surface area contributed by atoms with Gasteiger partial charge in [0.15, 0.2) is 0 Å². The Balaban J connectivity index is 0. The van der Waals surface area contributed by atoms with Crippen LogP contribution in [0.1, 0.15) is 78.1 Å². The Bertz CT molecular complexity index is 61.5. The van der Waals surface area contributed by atoms with Crippen molar-refractivity contribution in [3.8, 4) is 0 Å². The van der Waals surface area contributed by atoms with E-state index < -0.39 is 0 Å². The first kappa shape index (κ1) is 15.4. The topological polar surface area (TPSA) is 31.5 Å². The largest absolute Gasteiger partial charge is 0.412 e. The Hall–Kier alpha value is -0.0400. The van der Waals surface area contributed by atoms with Gasteiger partial charge in [-0.3, -0.25) is 0 Å². The van der Waals surface area contributed by atoms with Crippen molar-refractivity contribution in [2.75, 3.05) is 0 Å². The minimum absolute atomic E-state index is 0. The predicted molar refractivity (Wildman–Crippen MR) is 61.1 cm³/mol. The molecule has 0 unspecified atom stereocenters. The lowest BCUT2D eigenvalue weighted by Gasteiger charge is -1.99. The van der Waals surface area contributed by atoms with Gasteiger partial charge in [0, 0.05) is 0 Å². The molecular formula is C12H28O. The third-order valence-electron chi connectivity index (χ3n) is 2.46. The van der Waals surface area contributed by atoms with Gasteiger partial charge in [-0.1, -0.05) is 78.1 Å². The molecule has 0 aromatic carbocycles. The normalized spacial score (nSPS) is 9.69. The van der Waals surface area contributed by atoms with Gasteiger partial charge in [-0.15, -0.1) is 0 Å². The first-order valence-corrected chi connectivity index (χ1v) is 5.91. The van der Waals surface area contributed by atoms with Crippen LogP contribution < -0.4 is 0 Å². The molecule has 0 rings (SSSR count). The number of hydrogen-bond donors (Lipinski definition) is 0. The minimum Gasteiger partial charge on any atom is -0.412 e. The van der Waals surface area contributed by atoms with Crippen LogP contribution in [0.3, 0.4) is 0 Å². The van der Waals surface area contributed by atoms with E-state index in [2.05, 4.69) is 13.8 Å². The Labute approximate surface area is 84.2 Å². The van der Waals surface area contributed by atoms with Crippen molar-refractivity contribution in [2.24, 2.45) is 0 Å². The van der Waals surface area contributed by atoms with Crippen LogP contribution in [-0.2, 0) is 0 Å². The molecule has 0 amide bonds. The fourth-order valence-corrected chi connectivity index (χ4v) is 1.56. The molecule has 0 atom stereocenters. The minimum atomic E-state index is 0. The number of rotatable bonds is 9. The van der Waals surface area contributed by atoms with Crippen LogP contribution in [0, 0.1) is 0 Å². The molecule has 0 aromatic heterocycles. The van der Waals surface area contributed by atoms with Gasteiger partial charge in [0.1, 0.15) is 0 Å². The fourth-order valence-electron chi connectivity index (χ4n) is 1.56. The van der Waals surface area contributed by atoms with E-state index in [0.717, 1.165) is 0 Å². The van der Waals surface area contributed by atoms with E-state index in [-0.39, 0.29) is 5.48 Å². The average Bonchev–Trinajstić information content (AvgIpc) is 2.10. The van der Waals surface area contributed by atoms with Crippen molar-refractivity contribution in [2.45, 2.75) is 78.1 Å². The highest BCUT2D eigenvalue weighted by atomic mass is 16.0. The summed E-state index contributed by atoms with van der Waals surface area (Å²) < 4.78 is 0. The molecule has 0 heterocycles. The molecular weight excluding hydrogens is 160 g/mol. The standard InChI is InChI=1S/C12H26.H2O/c1-3-5-7-9-11-12-10-8-6-4-2;/h3-12H2,1-2H3;1H2. The van der Waals surface area contributed by atoms with Crippen LogP contribution in [-0.4, -0.2) is 5.48 Å². The summed E-state index contributed by atoms with van der Waals surface area (Å²) in [6.45, 7) is 4.56. The lowest BCUT2D eigenvalue weighted by Crippen LogP contribution is -1.80. The van der Waals surface area contributed by atoms with Gasteiger partial charge in [0.25, 0.3) is 0 Å². The van der Waals surface area contributed by atoms with Gasteiger partial charge in [-0.2, -0.15) is 0 Å². The maximum Gasteiger partial charge on any atom is -0.0533 e. The molecule has 0 aliphatic carbocycles. The van der Waals surface area contributed by atoms with E-state index >= 15 is 0 Å². The number of hydrogen-bond acceptors (Lipinski definition) is 0. The SMILES string of the molecule is CCCCCCCCCCCC.O. The zero-order chi connectivity index (χ0) is 9.07. The highest BCUT2D eigenvalue weighted by Crippen LogP contribution is 2.09. The highest BCUT2D eigenvalue weighted by molar-refractivity contribution is 4.45. The summed E-state index contributed by atoms with van der Waals surface area (Å²) in [6.07, 6.45) is 14.4. The first-order chi connectivity index (χ1) is 5.91. The molecule has 0 bridgehead atoms. The summed E-state index contributed by atoms with van der Waals surface area (Å²) >= 11 is 0. The summed E-state index contributed by atoms with van der Waals surface area (Å²) in [5.74, 6) is 0. The monoisotopic (exact) mass is 188 g/mol. The average molecular weight is 188 g/mol. The molecule has 0 radical (unpaired) electrons. The summed E-state index contributed by atoms with van der Waals surface area (Å²) in [7, 11) is 0. The van der Waals surface area contributed by atoms with Gasteiger partial charge in [0.2, 0.25) is 0 Å². The van der Waals surface area contributed by atoms with E-state index in [1.165, 1.54) is 64.2 Å². The Morgan fingerprint density at radius 2 is 0.692 bits per heavy atom. The third kappa shape index (κ3) is 14.8. The van der Waals surface area contributed by atoms with Gasteiger partial charge >= 0.3 is 0 Å². The molecule has 1 heteroatoms. The molecule has 0 aromatic rings. The van der Waals surface area contributed by atoms with Crippen molar-refractivity contribution in [1.82, 2.24) is 0 Å². The lowest BCUT2D eigenvalue weighted by molar-refractivity contribution is 0.562. The zero-order valence-electron chi connectivity index (χ0n) is 9.57. The molecule has 0 saturated carbocycles. The summed E-state index contributed by atoms with van der Waals surface area (Å²) in [4.78, 5) is 0. The fraction of sp³-hybridized carbons (Fsp3) is 1.00. The second kappa shape index (κ2) is 14.5. The van der Waals surface area contributed by atoms with Gasteiger partial charge in [-0.05, 0) is 0 Å². The van der Waals surface area contributed by atoms with E-state index in [9.17, 15) is 0 Å². The molecule has 13 heavy (non-hydrogen) atoms. The first-order valence-electron chi connectivity index (χ1n) is 5.91. The number of unbranched alkanes of at least 4 members (excludes halogenated alkanes) is 9. The second-order valence-corrected chi connectivity index (χ2v) is 3.83. The van der Waals surface area contributed by atoms with Crippen LogP contribution in [0.25, 0.3) is 0 Å². The lowest BCUT2D eigenvalue weighted by atomic mass is 10.1. The quantitative estimate of drug-likeness (QED) is 0.488. The summed E-state index contributed by atoms with van der Waals surface area (Å²) in [6, 6.07) is 0. The Kier molecular flexibility index (Phi) is 17.2. The Morgan fingerprint density at radius 1 is 0.462 bits per heavy atom. The van der Waals surface area contributed by atoms with E-state index in [0.29, 0.717) is 0 Å². The van der Waals surface area contributed by atoms with Crippen molar-refractivity contribution >= 4 is 0 Å². The molecule has 0 spiro atoms. The molecule has 0 aliphatic rings. The summed E-state index contributed by atoms with van der Waals surface area (Å²) in [5.41, 5.74) is 0. The van der Waals surface area contributed by atoms with Crippen molar-refractivity contribution in [3.05, 3.63) is 0 Å². The van der Waals surface area contributed by atoms with E-state index in [1.54, 1.807) is 0 Å². The Morgan fingerprint density at radius 3 is 0.923 bits per heavy atom. The molecule has 2 N–H and O–H groups in total. The van der Waals surface area contributed by atoms with Crippen molar-refractivity contribution < 1.29 is 5.48 Å². The smallest absolute Gasteiger partial charge is 0.0533 e. The van der Waals surface area contributed by atoms with E-state index in [4.69, 9.17) is 0 Å². The molecule has 1 nitrogen and oxygen atoms in total. The molecule has 0 fully saturated rings. The molecule has 0 aliphatic heterocycles. The third-order valence-corrected chi connectivity index (χ3v) is 2.46. The van der Waals surface area contributed by atoms with Gasteiger partial charge in [0.05, 0.1) is 0 Å². The van der Waals surface area contributed by atoms with E-state index in [1.807, 2.05) is 0 Å². The molecule has 0 saturated heterocycles. The van der Waals surface area contributed by atoms with Gasteiger partial charge < -0.3 is 5.48 Å². The van der Waals surface area contributed by atoms with Crippen LogP contribution in [0.4, 0.5) is 0 Å². The van der Waals surface area contributed by atoms with Crippen LogP contribution in [0.5, 0.6) is 0 Å². The van der Waals surface area contributed by atoms with Gasteiger partial charge in [-0.25, -0.2) is 0 Å². The highest BCUT2D eigenvalue weighted by Gasteiger charge is 1.90. The van der Waals surface area contributed by atoms with Crippen LogP contribution in [0.15, 0.2) is 0 Å². The maximum atomic E-state index is 2.28. The second-order valence-electron chi connectivity index (χ2n) is 3.83. The van der Waals surface area contributed by atoms with Crippen molar-refractivity contribution in [1.29, 1.82) is 0 Å². The maximum absolute atomic E-state index is 2.28. The zero-order valence-corrected chi connectivity index (χ0v) is 9.57.